The molecule has 3 nitrogen and oxygen atoms in total. The zero-order valence-electron chi connectivity index (χ0n) is 11.0. The van der Waals surface area contributed by atoms with Crippen molar-refractivity contribution in [1.29, 1.82) is 0 Å². The van der Waals surface area contributed by atoms with Crippen molar-refractivity contribution in [3.8, 4) is 18.1 Å². The summed E-state index contributed by atoms with van der Waals surface area (Å²) in [5.41, 5.74) is 0.831. The second-order valence-electron chi connectivity index (χ2n) is 4.33. The molecule has 0 aliphatic rings. The number of nitrogens with zero attached hydrogens (tertiary/aromatic N) is 1. The first-order valence-electron chi connectivity index (χ1n) is 6.17. The molecule has 1 aromatic heterocycles. The third-order valence-electron chi connectivity index (χ3n) is 2.73. The minimum atomic E-state index is -0.00830. The minimum Gasteiger partial charge on any atom is -0.486 e. The number of fused-ring (bicyclic) bond motifs is 1. The van der Waals surface area contributed by atoms with Crippen molar-refractivity contribution in [3.63, 3.8) is 0 Å². The predicted octanol–water partition coefficient (Wildman–Crippen LogP) is 3.75. The third kappa shape index (κ3) is 3.51. The first-order valence-corrected chi connectivity index (χ1v) is 7.75. The Balaban J connectivity index is 2.28. The van der Waals surface area contributed by atoms with E-state index in [0.29, 0.717) is 13.1 Å². The van der Waals surface area contributed by atoms with Crippen LogP contribution in [0.2, 0.25) is 0 Å². The molecule has 1 N–H and O–H groups in total. The number of rotatable bonds is 5. The van der Waals surface area contributed by atoms with E-state index >= 15 is 0 Å². The van der Waals surface area contributed by atoms with Crippen LogP contribution in [0.3, 0.4) is 0 Å². The van der Waals surface area contributed by atoms with Crippen molar-refractivity contribution >= 4 is 42.8 Å². The SMILES string of the molecule is C#CCNCC(C)Oc1c(Br)cc(Br)c2cccnc12. The van der Waals surface area contributed by atoms with Crippen molar-refractivity contribution < 1.29 is 4.74 Å². The summed E-state index contributed by atoms with van der Waals surface area (Å²) in [6.45, 7) is 3.21. The first-order chi connectivity index (χ1) is 9.63. The van der Waals surface area contributed by atoms with Gasteiger partial charge in [0, 0.05) is 22.6 Å². The topological polar surface area (TPSA) is 34.1 Å². The average molecular weight is 398 g/mol. The smallest absolute Gasteiger partial charge is 0.160 e. The molecule has 0 aliphatic carbocycles. The highest BCUT2D eigenvalue weighted by Gasteiger charge is 2.14. The van der Waals surface area contributed by atoms with Crippen LogP contribution in [0.1, 0.15) is 6.92 Å². The van der Waals surface area contributed by atoms with Gasteiger partial charge in [0.15, 0.2) is 5.75 Å². The molecule has 0 saturated heterocycles. The number of nitrogens with one attached hydrogen (secondary N) is 1. The van der Waals surface area contributed by atoms with Crippen molar-refractivity contribution in [2.24, 2.45) is 0 Å². The molecule has 1 unspecified atom stereocenters. The lowest BCUT2D eigenvalue weighted by molar-refractivity contribution is 0.220. The Bertz CT molecular complexity index is 652. The van der Waals surface area contributed by atoms with Gasteiger partial charge >= 0.3 is 0 Å². The Morgan fingerprint density at radius 3 is 3.00 bits per heavy atom. The van der Waals surface area contributed by atoms with E-state index in [4.69, 9.17) is 11.2 Å². The Morgan fingerprint density at radius 1 is 1.45 bits per heavy atom. The second-order valence-corrected chi connectivity index (χ2v) is 6.04. The number of pyridine rings is 1. The Labute approximate surface area is 135 Å². The van der Waals surface area contributed by atoms with Gasteiger partial charge in [0.1, 0.15) is 11.6 Å². The summed E-state index contributed by atoms with van der Waals surface area (Å²) in [6, 6.07) is 5.89. The number of ether oxygens (including phenoxy) is 1. The van der Waals surface area contributed by atoms with E-state index in [1.807, 2.05) is 25.1 Å². The van der Waals surface area contributed by atoms with E-state index in [0.717, 1.165) is 25.6 Å². The van der Waals surface area contributed by atoms with Crippen LogP contribution >= 0.6 is 31.9 Å². The van der Waals surface area contributed by atoms with Crippen LogP contribution in [-0.2, 0) is 0 Å². The van der Waals surface area contributed by atoms with Crippen LogP contribution < -0.4 is 10.1 Å². The fourth-order valence-corrected chi connectivity index (χ4v) is 3.22. The van der Waals surface area contributed by atoms with E-state index in [-0.39, 0.29) is 6.10 Å². The molecule has 0 amide bonds. The van der Waals surface area contributed by atoms with Crippen molar-refractivity contribution in [3.05, 3.63) is 33.3 Å². The van der Waals surface area contributed by atoms with E-state index in [1.165, 1.54) is 0 Å². The lowest BCUT2D eigenvalue weighted by Gasteiger charge is -2.17. The summed E-state index contributed by atoms with van der Waals surface area (Å²) in [5, 5.41) is 4.15. The van der Waals surface area contributed by atoms with Crippen LogP contribution in [-0.4, -0.2) is 24.2 Å². The number of hydrogen-bond donors (Lipinski definition) is 1. The van der Waals surface area contributed by atoms with Gasteiger partial charge in [-0.3, -0.25) is 4.98 Å². The molecule has 1 atom stereocenters. The summed E-state index contributed by atoms with van der Waals surface area (Å²) in [7, 11) is 0. The lowest BCUT2D eigenvalue weighted by atomic mass is 10.2. The molecule has 0 spiro atoms. The van der Waals surface area contributed by atoms with Gasteiger partial charge in [0.05, 0.1) is 11.0 Å². The maximum Gasteiger partial charge on any atom is 0.160 e. The minimum absolute atomic E-state index is 0.00830. The monoisotopic (exact) mass is 396 g/mol. The molecular formula is C15H14Br2N2O. The molecular weight excluding hydrogens is 384 g/mol. The highest BCUT2D eigenvalue weighted by atomic mass is 79.9. The highest BCUT2D eigenvalue weighted by molar-refractivity contribution is 9.11. The number of halogens is 2. The molecule has 0 fully saturated rings. The molecule has 2 rings (SSSR count). The van der Waals surface area contributed by atoms with Gasteiger partial charge in [-0.2, -0.15) is 0 Å². The van der Waals surface area contributed by atoms with Gasteiger partial charge in [-0.25, -0.2) is 0 Å². The summed E-state index contributed by atoms with van der Waals surface area (Å²) in [4.78, 5) is 4.41. The van der Waals surface area contributed by atoms with E-state index in [2.05, 4.69) is 48.1 Å². The standard InChI is InChI=1S/C15H14Br2N2O/c1-3-6-18-9-10(2)20-15-13(17)8-12(16)11-5-4-7-19-14(11)15/h1,4-5,7-8,10,18H,6,9H2,2H3. The third-order valence-corrected chi connectivity index (χ3v) is 3.97. The molecule has 1 heterocycles. The van der Waals surface area contributed by atoms with E-state index in [9.17, 15) is 0 Å². The lowest BCUT2D eigenvalue weighted by Crippen LogP contribution is -2.29. The van der Waals surface area contributed by atoms with Crippen LogP contribution in [0.5, 0.6) is 5.75 Å². The van der Waals surface area contributed by atoms with Crippen molar-refractivity contribution in [1.82, 2.24) is 10.3 Å². The van der Waals surface area contributed by atoms with Crippen LogP contribution in [0, 0.1) is 12.3 Å². The van der Waals surface area contributed by atoms with Crippen LogP contribution in [0.15, 0.2) is 33.3 Å². The number of benzene rings is 1. The predicted molar refractivity (Wildman–Crippen MR) is 88.9 cm³/mol. The zero-order chi connectivity index (χ0) is 14.5. The maximum atomic E-state index is 6.00. The van der Waals surface area contributed by atoms with Gasteiger partial charge in [-0.15, -0.1) is 6.42 Å². The fourth-order valence-electron chi connectivity index (χ4n) is 1.85. The second kappa shape index (κ2) is 7.07. The van der Waals surface area contributed by atoms with E-state index < -0.39 is 0 Å². The van der Waals surface area contributed by atoms with Gasteiger partial charge in [-0.1, -0.05) is 27.9 Å². The van der Waals surface area contributed by atoms with Crippen LogP contribution in [0.4, 0.5) is 0 Å². The maximum absolute atomic E-state index is 6.00. The highest BCUT2D eigenvalue weighted by Crippen LogP contribution is 2.37. The normalized spacial score (nSPS) is 12.1. The molecule has 0 radical (unpaired) electrons. The molecule has 20 heavy (non-hydrogen) atoms. The Kier molecular flexibility index (Phi) is 5.41. The Hall–Kier alpha value is -1.09. The zero-order valence-corrected chi connectivity index (χ0v) is 14.2. The first kappa shape index (κ1) is 15.3. The van der Waals surface area contributed by atoms with Gasteiger partial charge in [0.2, 0.25) is 0 Å². The number of hydrogen-bond acceptors (Lipinski definition) is 3. The molecule has 5 heteroatoms. The van der Waals surface area contributed by atoms with Gasteiger partial charge < -0.3 is 10.1 Å². The van der Waals surface area contributed by atoms with E-state index in [1.54, 1.807) is 6.20 Å². The largest absolute Gasteiger partial charge is 0.486 e. The molecule has 2 aromatic rings. The summed E-state index contributed by atoms with van der Waals surface area (Å²) < 4.78 is 7.86. The van der Waals surface area contributed by atoms with Crippen molar-refractivity contribution in [2.45, 2.75) is 13.0 Å². The Morgan fingerprint density at radius 2 is 2.25 bits per heavy atom. The summed E-state index contributed by atoms with van der Waals surface area (Å²) >= 11 is 7.07. The number of aromatic nitrogens is 1. The summed E-state index contributed by atoms with van der Waals surface area (Å²) in [5.74, 6) is 3.29. The van der Waals surface area contributed by atoms with Gasteiger partial charge in [-0.05, 0) is 35.0 Å². The molecule has 0 bridgehead atoms. The molecule has 0 aliphatic heterocycles. The molecule has 1 aromatic carbocycles. The van der Waals surface area contributed by atoms with Gasteiger partial charge in [0.25, 0.3) is 0 Å². The quantitative estimate of drug-likeness (QED) is 0.616. The van der Waals surface area contributed by atoms with Crippen LogP contribution in [0.25, 0.3) is 10.9 Å². The number of terminal acetylenes is 1. The summed E-state index contributed by atoms with van der Waals surface area (Å²) in [6.07, 6.45) is 6.96. The molecule has 0 saturated carbocycles. The van der Waals surface area contributed by atoms with Crippen molar-refractivity contribution in [2.75, 3.05) is 13.1 Å². The fraction of sp³-hybridized carbons (Fsp3) is 0.267. The average Bonchev–Trinajstić information content (AvgIpc) is 2.44. The molecule has 104 valence electrons.